The average molecular weight is 263 g/mol. The summed E-state index contributed by atoms with van der Waals surface area (Å²) in [5, 5.41) is 2.07. The topological polar surface area (TPSA) is 51.4 Å². The number of rotatable bonds is 4. The first-order valence-electron chi connectivity index (χ1n) is 5.70. The van der Waals surface area contributed by atoms with Crippen LogP contribution in [0.5, 0.6) is 5.88 Å². The number of nitrogen functional groups attached to an aromatic ring is 1. The molecule has 0 fully saturated rings. The van der Waals surface area contributed by atoms with Gasteiger partial charge in [-0.3, -0.25) is 0 Å². The maximum Gasteiger partial charge on any atom is 0.215 e. The highest BCUT2D eigenvalue weighted by Crippen LogP contribution is 2.31. The van der Waals surface area contributed by atoms with Crippen LogP contribution in [0.1, 0.15) is 17.8 Å². The fourth-order valence-corrected chi connectivity index (χ4v) is 2.57. The molecule has 0 saturated carbocycles. The minimum Gasteiger partial charge on any atom is -0.481 e. The maximum atomic E-state index is 5.98. The van der Waals surface area contributed by atoms with Gasteiger partial charge in [0.25, 0.3) is 0 Å². The van der Waals surface area contributed by atoms with Crippen LogP contribution in [0.15, 0.2) is 29.6 Å². The fraction of sp³-hybridized carbons (Fsp3) is 0.308. The molecule has 96 valence electrons. The summed E-state index contributed by atoms with van der Waals surface area (Å²) in [7, 11) is 3.59. The molecule has 0 aliphatic rings. The van der Waals surface area contributed by atoms with Gasteiger partial charge < -0.3 is 15.4 Å². The fourth-order valence-electron chi connectivity index (χ4n) is 1.74. The monoisotopic (exact) mass is 263 g/mol. The summed E-state index contributed by atoms with van der Waals surface area (Å²) in [6.45, 7) is 2.13. The van der Waals surface area contributed by atoms with Crippen LogP contribution in [0.3, 0.4) is 0 Å². The number of hydrogen-bond donors (Lipinski definition) is 1. The molecule has 5 heteroatoms. The van der Waals surface area contributed by atoms with E-state index in [-0.39, 0.29) is 6.04 Å². The molecule has 0 aliphatic carbocycles. The van der Waals surface area contributed by atoms with E-state index < -0.39 is 0 Å². The predicted molar refractivity (Wildman–Crippen MR) is 76.3 cm³/mol. The van der Waals surface area contributed by atoms with E-state index in [0.29, 0.717) is 11.6 Å². The Morgan fingerprint density at radius 3 is 2.78 bits per heavy atom. The lowest BCUT2D eigenvalue weighted by molar-refractivity contribution is 0.398. The smallest absolute Gasteiger partial charge is 0.215 e. The number of thiophene rings is 1. The van der Waals surface area contributed by atoms with Crippen LogP contribution < -0.4 is 15.4 Å². The molecule has 0 spiro atoms. The molecule has 18 heavy (non-hydrogen) atoms. The molecule has 0 amide bonds. The summed E-state index contributed by atoms with van der Waals surface area (Å²) in [6, 6.07) is 7.97. The van der Waals surface area contributed by atoms with Gasteiger partial charge in [0.2, 0.25) is 5.88 Å². The van der Waals surface area contributed by atoms with E-state index in [0.717, 1.165) is 5.82 Å². The highest BCUT2D eigenvalue weighted by atomic mass is 32.1. The second kappa shape index (κ2) is 5.27. The van der Waals surface area contributed by atoms with Gasteiger partial charge in [-0.2, -0.15) is 4.98 Å². The van der Waals surface area contributed by atoms with Gasteiger partial charge in [-0.1, -0.05) is 6.07 Å². The lowest BCUT2D eigenvalue weighted by Gasteiger charge is -2.26. The summed E-state index contributed by atoms with van der Waals surface area (Å²) in [6.07, 6.45) is 0. The van der Waals surface area contributed by atoms with Gasteiger partial charge in [-0.15, -0.1) is 11.3 Å². The quantitative estimate of drug-likeness (QED) is 0.921. The number of methoxy groups -OCH3 is 1. The standard InChI is InChI=1S/C13H17N3OS/c1-9(11-5-4-8-18-11)16(2)13-10(14)6-7-12(15-13)17-3/h4-9H,14H2,1-3H3. The predicted octanol–water partition coefficient (Wildman–Crippen LogP) is 2.93. The molecule has 2 N–H and O–H groups in total. The van der Waals surface area contributed by atoms with E-state index in [1.54, 1.807) is 24.5 Å². The van der Waals surface area contributed by atoms with Crippen LogP contribution in [0.4, 0.5) is 11.5 Å². The molecule has 1 unspecified atom stereocenters. The van der Waals surface area contributed by atoms with Crippen molar-refractivity contribution in [2.24, 2.45) is 0 Å². The number of ether oxygens (including phenoxy) is 1. The third-order valence-corrected chi connectivity index (χ3v) is 4.00. The molecule has 2 aromatic heterocycles. The molecule has 0 bridgehead atoms. The minimum atomic E-state index is 0.229. The van der Waals surface area contributed by atoms with Gasteiger partial charge >= 0.3 is 0 Å². The molecule has 0 aromatic carbocycles. The van der Waals surface area contributed by atoms with Crippen LogP contribution in [-0.2, 0) is 0 Å². The van der Waals surface area contributed by atoms with E-state index in [1.165, 1.54) is 4.88 Å². The molecule has 2 rings (SSSR count). The molecule has 0 radical (unpaired) electrons. The first-order chi connectivity index (χ1) is 8.63. The van der Waals surface area contributed by atoms with Crippen molar-refractivity contribution in [2.75, 3.05) is 24.8 Å². The molecule has 2 aromatic rings. The van der Waals surface area contributed by atoms with Gasteiger partial charge in [0, 0.05) is 18.0 Å². The zero-order valence-electron chi connectivity index (χ0n) is 10.8. The van der Waals surface area contributed by atoms with Crippen LogP contribution in [0.25, 0.3) is 0 Å². The Bertz CT molecular complexity index is 513. The van der Waals surface area contributed by atoms with Gasteiger partial charge in [-0.25, -0.2) is 0 Å². The third-order valence-electron chi connectivity index (χ3n) is 2.96. The average Bonchev–Trinajstić information content (AvgIpc) is 2.91. The molecule has 4 nitrogen and oxygen atoms in total. The van der Waals surface area contributed by atoms with Gasteiger partial charge in [0.05, 0.1) is 18.8 Å². The van der Waals surface area contributed by atoms with Crippen molar-refractivity contribution in [1.29, 1.82) is 0 Å². The number of anilines is 2. The van der Waals surface area contributed by atoms with Gasteiger partial charge in [0.1, 0.15) is 0 Å². The largest absolute Gasteiger partial charge is 0.481 e. The zero-order chi connectivity index (χ0) is 13.1. The van der Waals surface area contributed by atoms with Crippen LogP contribution in [-0.4, -0.2) is 19.1 Å². The first-order valence-corrected chi connectivity index (χ1v) is 6.58. The number of hydrogen-bond acceptors (Lipinski definition) is 5. The third kappa shape index (κ3) is 2.41. The maximum absolute atomic E-state index is 5.98. The minimum absolute atomic E-state index is 0.229. The second-order valence-electron chi connectivity index (χ2n) is 4.07. The van der Waals surface area contributed by atoms with Crippen molar-refractivity contribution >= 4 is 22.8 Å². The summed E-state index contributed by atoms with van der Waals surface area (Å²) in [5.41, 5.74) is 6.63. The van der Waals surface area contributed by atoms with E-state index in [4.69, 9.17) is 10.5 Å². The summed E-state index contributed by atoms with van der Waals surface area (Å²) in [4.78, 5) is 7.74. The number of nitrogens with two attached hydrogens (primary N) is 1. The summed E-state index contributed by atoms with van der Waals surface area (Å²) in [5.74, 6) is 1.32. The highest BCUT2D eigenvalue weighted by Gasteiger charge is 2.17. The molecule has 0 aliphatic heterocycles. The van der Waals surface area contributed by atoms with Crippen molar-refractivity contribution in [3.8, 4) is 5.88 Å². The lowest BCUT2D eigenvalue weighted by Crippen LogP contribution is -2.23. The first kappa shape index (κ1) is 12.7. The van der Waals surface area contributed by atoms with E-state index in [2.05, 4.69) is 28.3 Å². The summed E-state index contributed by atoms with van der Waals surface area (Å²) < 4.78 is 5.14. The Labute approximate surface area is 111 Å². The lowest BCUT2D eigenvalue weighted by atomic mass is 10.2. The SMILES string of the molecule is COc1ccc(N)c(N(C)C(C)c2cccs2)n1. The molecular weight excluding hydrogens is 246 g/mol. The Morgan fingerprint density at radius 2 is 2.17 bits per heavy atom. The number of nitrogens with zero attached hydrogens (tertiary/aromatic N) is 2. The van der Waals surface area contributed by atoms with E-state index in [1.807, 2.05) is 19.2 Å². The Morgan fingerprint density at radius 1 is 1.39 bits per heavy atom. The highest BCUT2D eigenvalue weighted by molar-refractivity contribution is 7.10. The van der Waals surface area contributed by atoms with Gasteiger partial charge in [0.15, 0.2) is 5.82 Å². The molecule has 1 atom stereocenters. The van der Waals surface area contributed by atoms with Crippen LogP contribution in [0.2, 0.25) is 0 Å². The Kier molecular flexibility index (Phi) is 3.72. The Balaban J connectivity index is 2.30. The van der Waals surface area contributed by atoms with Crippen LogP contribution >= 0.6 is 11.3 Å². The van der Waals surface area contributed by atoms with Crippen molar-refractivity contribution in [2.45, 2.75) is 13.0 Å². The molecule has 0 saturated heterocycles. The zero-order valence-corrected chi connectivity index (χ0v) is 11.6. The van der Waals surface area contributed by atoms with Crippen molar-refractivity contribution < 1.29 is 4.74 Å². The Hall–Kier alpha value is -1.75. The van der Waals surface area contributed by atoms with E-state index in [9.17, 15) is 0 Å². The number of aromatic nitrogens is 1. The number of pyridine rings is 1. The van der Waals surface area contributed by atoms with E-state index >= 15 is 0 Å². The van der Waals surface area contributed by atoms with Crippen molar-refractivity contribution in [3.05, 3.63) is 34.5 Å². The van der Waals surface area contributed by atoms with Crippen molar-refractivity contribution in [1.82, 2.24) is 4.98 Å². The molecular formula is C13H17N3OS. The van der Waals surface area contributed by atoms with Crippen LogP contribution in [0, 0.1) is 0 Å². The normalized spacial score (nSPS) is 12.2. The van der Waals surface area contributed by atoms with Gasteiger partial charge in [-0.05, 0) is 24.4 Å². The summed E-state index contributed by atoms with van der Waals surface area (Å²) >= 11 is 1.73. The molecule has 2 heterocycles. The second-order valence-corrected chi connectivity index (χ2v) is 5.05. The van der Waals surface area contributed by atoms with Crippen molar-refractivity contribution in [3.63, 3.8) is 0 Å².